The molecule has 0 spiro atoms. The molecule has 0 saturated heterocycles. The van der Waals surface area contributed by atoms with Crippen molar-refractivity contribution in [2.45, 2.75) is 45.4 Å². The first-order valence-electron chi connectivity index (χ1n) is 12.6. The Morgan fingerprint density at radius 3 is 2.25 bits per heavy atom. The van der Waals surface area contributed by atoms with Gasteiger partial charge in [0, 0.05) is 28.0 Å². The lowest BCUT2D eigenvalue weighted by atomic mass is 9.92. The van der Waals surface area contributed by atoms with Crippen LogP contribution >= 0.6 is 0 Å². The lowest BCUT2D eigenvalue weighted by Gasteiger charge is -2.11. The minimum absolute atomic E-state index is 0.245. The number of aromatic nitrogens is 1. The third kappa shape index (κ3) is 3.50. The quantitative estimate of drug-likeness (QED) is 0.248. The van der Waals surface area contributed by atoms with E-state index in [-0.39, 0.29) is 5.82 Å². The van der Waals surface area contributed by atoms with Crippen LogP contribution in [0.1, 0.15) is 53.9 Å². The number of nitriles is 1. The van der Waals surface area contributed by atoms with Crippen LogP contribution < -0.4 is 4.57 Å². The zero-order chi connectivity index (χ0) is 25.0. The molecule has 0 radical (unpaired) electrons. The highest BCUT2D eigenvalue weighted by molar-refractivity contribution is 6.14. The molecule has 1 aliphatic carbocycles. The summed E-state index contributed by atoms with van der Waals surface area (Å²) >= 11 is 0. The molecule has 0 aliphatic heterocycles. The van der Waals surface area contributed by atoms with Crippen LogP contribution in [0.3, 0.4) is 0 Å². The summed E-state index contributed by atoms with van der Waals surface area (Å²) in [5, 5.41) is 11.9. The van der Waals surface area contributed by atoms with E-state index in [4.69, 9.17) is 4.42 Å². The highest BCUT2D eigenvalue weighted by Crippen LogP contribution is 2.42. The number of nitrogens with zero attached hydrogens (tertiary/aromatic N) is 2. The van der Waals surface area contributed by atoms with Gasteiger partial charge in [-0.2, -0.15) is 5.26 Å². The Bertz CT molecular complexity index is 1680. The lowest BCUT2D eigenvalue weighted by molar-refractivity contribution is -0.661. The zero-order valence-electron chi connectivity index (χ0n) is 20.9. The molecule has 0 atom stereocenters. The van der Waals surface area contributed by atoms with E-state index in [1.807, 2.05) is 30.7 Å². The Morgan fingerprint density at radius 1 is 0.889 bits per heavy atom. The van der Waals surface area contributed by atoms with Crippen LogP contribution in [0, 0.1) is 31.0 Å². The maximum Gasteiger partial charge on any atom is 0.219 e. The number of furan rings is 1. The summed E-state index contributed by atoms with van der Waals surface area (Å²) < 4.78 is 23.2. The molecule has 1 saturated carbocycles. The number of benzene rings is 3. The van der Waals surface area contributed by atoms with Crippen LogP contribution in [0.15, 0.2) is 65.2 Å². The number of hydrogen-bond donors (Lipinski definition) is 0. The van der Waals surface area contributed by atoms with E-state index in [2.05, 4.69) is 42.5 Å². The maximum absolute atomic E-state index is 14.6. The summed E-state index contributed by atoms with van der Waals surface area (Å²) in [6.07, 6.45) is 6.90. The SMILES string of the molecule is Cc1c[n+](C)c(-c2c(C)ccc3c2oc2c(-c4ccc(C5CCCC5)cc4)c(C#N)ccc23)cc1F. The maximum atomic E-state index is 14.6. The van der Waals surface area contributed by atoms with Crippen molar-refractivity contribution in [3.8, 4) is 28.5 Å². The van der Waals surface area contributed by atoms with Gasteiger partial charge in [-0.15, -0.1) is 0 Å². The molecule has 5 aromatic rings. The molecule has 2 heterocycles. The molecular formula is C32H28FN2O+. The van der Waals surface area contributed by atoms with E-state index in [1.54, 1.807) is 19.2 Å². The van der Waals surface area contributed by atoms with Gasteiger partial charge in [-0.1, -0.05) is 49.2 Å². The first kappa shape index (κ1) is 22.5. The fourth-order valence-corrected chi connectivity index (χ4v) is 5.89. The molecule has 1 aliphatic rings. The summed E-state index contributed by atoms with van der Waals surface area (Å²) in [6, 6.07) is 20.6. The summed E-state index contributed by atoms with van der Waals surface area (Å²) in [5.41, 5.74) is 8.37. The highest BCUT2D eigenvalue weighted by atomic mass is 19.1. The smallest absolute Gasteiger partial charge is 0.219 e. The molecular weight excluding hydrogens is 447 g/mol. The second kappa shape index (κ2) is 8.60. The molecule has 3 nitrogen and oxygen atoms in total. The molecule has 178 valence electrons. The Kier molecular flexibility index (Phi) is 5.38. The molecule has 1 fully saturated rings. The van der Waals surface area contributed by atoms with Crippen molar-refractivity contribution in [3.05, 3.63) is 88.9 Å². The summed E-state index contributed by atoms with van der Waals surface area (Å²) in [6.45, 7) is 3.78. The first-order chi connectivity index (χ1) is 17.5. The topological polar surface area (TPSA) is 40.8 Å². The number of hydrogen-bond acceptors (Lipinski definition) is 2. The van der Waals surface area contributed by atoms with Gasteiger partial charge in [-0.25, -0.2) is 8.96 Å². The summed E-state index contributed by atoms with van der Waals surface area (Å²) in [4.78, 5) is 0. The van der Waals surface area contributed by atoms with Crippen LogP contribution in [0.2, 0.25) is 0 Å². The summed E-state index contributed by atoms with van der Waals surface area (Å²) in [7, 11) is 1.92. The second-order valence-corrected chi connectivity index (χ2v) is 10.1. The lowest BCUT2D eigenvalue weighted by Crippen LogP contribution is -2.31. The van der Waals surface area contributed by atoms with Crippen molar-refractivity contribution in [1.29, 1.82) is 5.26 Å². The highest BCUT2D eigenvalue weighted by Gasteiger charge is 2.24. The molecule has 6 rings (SSSR count). The predicted octanol–water partition coefficient (Wildman–Crippen LogP) is 8.03. The Hall–Kier alpha value is -3.97. The standard InChI is InChI=1S/C32H28FN2O/c1-19-8-14-25-26-15-13-24(17-34)30(23-11-9-22(10-12-23)21-6-4-5-7-21)32(26)36-31(25)29(19)28-16-27(33)20(2)18-35(28)3/h8-16,18,21H,4-7H2,1-3H3/q+1. The first-order valence-corrected chi connectivity index (χ1v) is 12.6. The summed E-state index contributed by atoms with van der Waals surface area (Å²) in [5.74, 6) is 0.392. The van der Waals surface area contributed by atoms with Crippen molar-refractivity contribution in [3.63, 3.8) is 0 Å². The number of rotatable bonds is 3. The fraction of sp³-hybridized carbons (Fsp3) is 0.250. The third-order valence-electron chi connectivity index (χ3n) is 7.83. The van der Waals surface area contributed by atoms with Gasteiger partial charge in [0.1, 0.15) is 24.0 Å². The van der Waals surface area contributed by atoms with Gasteiger partial charge in [0.15, 0.2) is 6.20 Å². The normalized spacial score (nSPS) is 14.1. The van der Waals surface area contributed by atoms with Gasteiger partial charge in [0.2, 0.25) is 5.69 Å². The van der Waals surface area contributed by atoms with Crippen LogP contribution in [-0.2, 0) is 7.05 Å². The minimum Gasteiger partial charge on any atom is -0.454 e. The van der Waals surface area contributed by atoms with E-state index in [0.29, 0.717) is 28.2 Å². The average molecular weight is 476 g/mol. The molecule has 0 N–H and O–H groups in total. The molecule has 0 unspecified atom stereocenters. The molecule has 4 heteroatoms. The fourth-order valence-electron chi connectivity index (χ4n) is 5.89. The van der Waals surface area contributed by atoms with Gasteiger partial charge in [-0.3, -0.25) is 0 Å². The third-order valence-corrected chi connectivity index (χ3v) is 7.83. The molecule has 0 amide bonds. The zero-order valence-corrected chi connectivity index (χ0v) is 20.9. The van der Waals surface area contributed by atoms with Gasteiger partial charge < -0.3 is 4.42 Å². The monoisotopic (exact) mass is 475 g/mol. The Labute approximate surface area is 210 Å². The van der Waals surface area contributed by atoms with Gasteiger partial charge in [0.25, 0.3) is 0 Å². The largest absolute Gasteiger partial charge is 0.454 e. The molecule has 36 heavy (non-hydrogen) atoms. The van der Waals surface area contributed by atoms with Crippen LogP contribution in [0.5, 0.6) is 0 Å². The van der Waals surface area contributed by atoms with Crippen molar-refractivity contribution >= 4 is 21.9 Å². The number of aryl methyl sites for hydroxylation is 3. The van der Waals surface area contributed by atoms with Gasteiger partial charge >= 0.3 is 0 Å². The number of pyridine rings is 1. The van der Waals surface area contributed by atoms with Gasteiger partial charge in [-0.05, 0) is 61.4 Å². The van der Waals surface area contributed by atoms with Crippen molar-refractivity contribution < 1.29 is 13.4 Å². The van der Waals surface area contributed by atoms with Crippen molar-refractivity contribution in [1.82, 2.24) is 0 Å². The minimum atomic E-state index is -0.245. The van der Waals surface area contributed by atoms with E-state index in [0.717, 1.165) is 38.7 Å². The van der Waals surface area contributed by atoms with Crippen LogP contribution in [-0.4, -0.2) is 0 Å². The predicted molar refractivity (Wildman–Crippen MR) is 141 cm³/mol. The van der Waals surface area contributed by atoms with Crippen LogP contribution in [0.25, 0.3) is 44.3 Å². The van der Waals surface area contributed by atoms with E-state index in [9.17, 15) is 9.65 Å². The van der Waals surface area contributed by atoms with E-state index < -0.39 is 0 Å². The van der Waals surface area contributed by atoms with E-state index >= 15 is 0 Å². The Morgan fingerprint density at radius 2 is 1.56 bits per heavy atom. The Balaban J connectivity index is 1.60. The number of halogens is 1. The molecule has 0 bridgehead atoms. The molecule has 2 aromatic heterocycles. The van der Waals surface area contributed by atoms with E-state index in [1.165, 1.54) is 31.2 Å². The average Bonchev–Trinajstić information content (AvgIpc) is 3.54. The van der Waals surface area contributed by atoms with Gasteiger partial charge in [0.05, 0.1) is 17.2 Å². The molecule has 3 aromatic carbocycles. The van der Waals surface area contributed by atoms with Crippen LogP contribution in [0.4, 0.5) is 4.39 Å². The second-order valence-electron chi connectivity index (χ2n) is 10.1. The van der Waals surface area contributed by atoms with Crippen molar-refractivity contribution in [2.75, 3.05) is 0 Å². The number of fused-ring (bicyclic) bond motifs is 3. The van der Waals surface area contributed by atoms with Crippen molar-refractivity contribution in [2.24, 2.45) is 7.05 Å².